The summed E-state index contributed by atoms with van der Waals surface area (Å²) in [5.41, 5.74) is 0. The molecule has 0 spiro atoms. The van der Waals surface area contributed by atoms with Gasteiger partial charge in [-0.1, -0.05) is 0 Å². The Bertz CT molecular complexity index is 91.7. The molecule has 1 nitrogen and oxygen atoms in total. The van der Waals surface area contributed by atoms with E-state index in [0.717, 1.165) is 0 Å². The van der Waals surface area contributed by atoms with E-state index in [9.17, 15) is 0 Å². The summed E-state index contributed by atoms with van der Waals surface area (Å²) in [6.45, 7) is 0. The fourth-order valence-electron chi connectivity index (χ4n) is 0. The molecule has 8 heavy (non-hydrogen) atoms. The first-order valence-electron chi connectivity index (χ1n) is 2.65. The van der Waals surface area contributed by atoms with Gasteiger partial charge in [0.1, 0.15) is 0 Å². The Morgan fingerprint density at radius 1 is 1.00 bits per heavy atom. The predicted octanol–water partition coefficient (Wildman–Crippen LogP) is 0.961. The lowest BCUT2D eigenvalue weighted by molar-refractivity contribution is 0.367. The van der Waals surface area contributed by atoms with E-state index in [2.05, 4.69) is 31.3 Å². The maximum absolute atomic E-state index is 8.97. The third-order valence-electron chi connectivity index (χ3n) is 0.645. The zero-order valence-electron chi connectivity index (χ0n) is 6.56. The second-order valence-corrected chi connectivity index (χ2v) is 17.0. The minimum Gasteiger partial charge on any atom is -0.389 e. The largest absolute Gasteiger partial charge is 0.389 e. The Morgan fingerprint density at radius 3 is 1.12 bits per heavy atom. The second-order valence-electron chi connectivity index (χ2n) is 5.65. The van der Waals surface area contributed by atoms with Crippen molar-refractivity contribution in [2.24, 2.45) is 0 Å². The molecule has 0 aromatic heterocycles. The molecule has 0 unspecified atom stereocenters. The Kier molecular flexibility index (Phi) is 1.14. The smallest absolute Gasteiger partial charge is 0.0620 e. The Labute approximate surface area is 51.4 Å². The monoisotopic (exact) mass is 138 g/mol. The maximum atomic E-state index is 8.97. The Hall–Kier alpha value is 0.310. The molecule has 0 aliphatic heterocycles. The predicted molar refractivity (Wildman–Crippen MR) is 44.3 cm³/mol. The van der Waals surface area contributed by atoms with Gasteiger partial charge in [0.15, 0.2) is 0 Å². The van der Waals surface area contributed by atoms with Crippen LogP contribution in [0.3, 0.4) is 0 Å². The van der Waals surface area contributed by atoms with Crippen molar-refractivity contribution < 1.29 is 5.11 Å². The van der Waals surface area contributed by atoms with Crippen LogP contribution in [-0.4, -0.2) is 42.3 Å². The zero-order valence-corrected chi connectivity index (χ0v) is 7.38. The summed E-state index contributed by atoms with van der Waals surface area (Å²) in [4.78, 5) is 0. The highest BCUT2D eigenvalue weighted by Gasteiger charge is 2.35. The summed E-state index contributed by atoms with van der Waals surface area (Å²) < 4.78 is 0. The van der Waals surface area contributed by atoms with Crippen LogP contribution in [0.5, 0.6) is 0 Å². The number of hydrogen-bond acceptors (Lipinski definition) is 1. The van der Waals surface area contributed by atoms with Crippen LogP contribution in [-0.2, 0) is 0 Å². The quantitative estimate of drug-likeness (QED) is 0.572. The molecule has 1 N–H and O–H groups in total. The van der Waals surface area contributed by atoms with Crippen molar-refractivity contribution in [1.29, 1.82) is 0 Å². The van der Waals surface area contributed by atoms with E-state index in [0.29, 0.717) is 5.94 Å². The van der Waals surface area contributed by atoms with Gasteiger partial charge in [-0.05, 0) is 31.3 Å². The standard InChI is InChI=1S/C6H18OS/c1-8(2,3,4,5)6-7/h7H,6H2,1-5H3. The van der Waals surface area contributed by atoms with Crippen molar-refractivity contribution in [3.05, 3.63) is 0 Å². The Balaban J connectivity index is 4.50. The number of rotatable bonds is 1. The van der Waals surface area contributed by atoms with Gasteiger partial charge >= 0.3 is 0 Å². The average Bonchev–Trinajstić information content (AvgIpc) is 1.30. The lowest BCUT2D eigenvalue weighted by Crippen LogP contribution is -2.32. The van der Waals surface area contributed by atoms with Crippen LogP contribution in [0.2, 0.25) is 0 Å². The fraction of sp³-hybridized carbons (Fsp3) is 1.00. The molecule has 0 aliphatic rings. The summed E-state index contributed by atoms with van der Waals surface area (Å²) in [5.74, 6) is 0.319. The molecule has 2 heteroatoms. The second kappa shape index (κ2) is 1.09. The van der Waals surface area contributed by atoms with Crippen molar-refractivity contribution in [3.63, 3.8) is 0 Å². The summed E-state index contributed by atoms with van der Waals surface area (Å²) >= 11 is 0. The summed E-state index contributed by atoms with van der Waals surface area (Å²) in [7, 11) is -1.95. The highest BCUT2D eigenvalue weighted by molar-refractivity contribution is 8.62. The maximum Gasteiger partial charge on any atom is 0.0620 e. The van der Waals surface area contributed by atoms with Gasteiger partial charge in [0.05, 0.1) is 5.94 Å². The molecule has 0 atom stereocenters. The SMILES string of the molecule is CS(C)(C)(C)(C)CO. The molecule has 0 bridgehead atoms. The van der Waals surface area contributed by atoms with E-state index in [1.165, 1.54) is 0 Å². The van der Waals surface area contributed by atoms with Gasteiger partial charge < -0.3 is 5.11 Å². The van der Waals surface area contributed by atoms with E-state index in [1.807, 2.05) is 0 Å². The Morgan fingerprint density at radius 2 is 1.12 bits per heavy atom. The van der Waals surface area contributed by atoms with Gasteiger partial charge in [0, 0.05) is 0 Å². The van der Waals surface area contributed by atoms with E-state index in [-0.39, 0.29) is 0 Å². The van der Waals surface area contributed by atoms with E-state index < -0.39 is 8.29 Å². The highest BCUT2D eigenvalue weighted by atomic mass is 32.4. The molecule has 0 aromatic rings. The van der Waals surface area contributed by atoms with Gasteiger partial charge in [-0.25, -0.2) is 0 Å². The zero-order chi connectivity index (χ0) is 7.12. The topological polar surface area (TPSA) is 20.2 Å². The van der Waals surface area contributed by atoms with Gasteiger partial charge in [-0.3, -0.25) is 8.29 Å². The fourth-order valence-corrected chi connectivity index (χ4v) is 0. The van der Waals surface area contributed by atoms with Crippen LogP contribution >= 0.6 is 8.29 Å². The van der Waals surface area contributed by atoms with E-state index >= 15 is 0 Å². The molecule has 0 heterocycles. The third kappa shape index (κ3) is 6.31. The minimum absolute atomic E-state index is 0.319. The minimum atomic E-state index is -1.95. The summed E-state index contributed by atoms with van der Waals surface area (Å²) in [5, 5.41) is 8.97. The lowest BCUT2D eigenvalue weighted by Gasteiger charge is -2.64. The molecular formula is C6H18OS. The molecule has 0 saturated carbocycles. The van der Waals surface area contributed by atoms with Crippen molar-refractivity contribution in [2.45, 2.75) is 0 Å². The molecule has 0 aromatic carbocycles. The molecule has 0 fully saturated rings. The number of aliphatic hydroxyl groups is 1. The van der Waals surface area contributed by atoms with Crippen molar-refractivity contribution >= 4 is 8.29 Å². The van der Waals surface area contributed by atoms with Crippen LogP contribution in [0.15, 0.2) is 0 Å². The first kappa shape index (κ1) is 8.31. The van der Waals surface area contributed by atoms with Gasteiger partial charge in [0.25, 0.3) is 0 Å². The normalized spacial score (nSPS) is 21.8. The van der Waals surface area contributed by atoms with Gasteiger partial charge in [-0.2, -0.15) is 0 Å². The molecule has 0 amide bonds. The van der Waals surface area contributed by atoms with Gasteiger partial charge in [-0.15, -0.1) is 0 Å². The molecule has 0 aliphatic carbocycles. The number of hydrogen-bond donors (Lipinski definition) is 1. The van der Waals surface area contributed by atoms with Crippen LogP contribution in [0.4, 0.5) is 0 Å². The van der Waals surface area contributed by atoms with Crippen LogP contribution in [0, 0.1) is 0 Å². The summed E-state index contributed by atoms with van der Waals surface area (Å²) in [6, 6.07) is 0. The average molecular weight is 138 g/mol. The van der Waals surface area contributed by atoms with Crippen LogP contribution in [0.25, 0.3) is 0 Å². The number of aliphatic hydroxyl groups excluding tert-OH is 1. The van der Waals surface area contributed by atoms with Crippen LogP contribution in [0.1, 0.15) is 0 Å². The van der Waals surface area contributed by atoms with E-state index in [4.69, 9.17) is 5.11 Å². The summed E-state index contributed by atoms with van der Waals surface area (Å²) in [6.07, 6.45) is 10.8. The van der Waals surface area contributed by atoms with E-state index in [1.54, 1.807) is 0 Å². The van der Waals surface area contributed by atoms with Crippen LogP contribution < -0.4 is 0 Å². The molecular weight excluding hydrogens is 120 g/mol. The third-order valence-corrected chi connectivity index (χ3v) is 1.94. The molecule has 0 radical (unpaired) electrons. The first-order valence-corrected chi connectivity index (χ1v) is 7.31. The van der Waals surface area contributed by atoms with Crippen molar-refractivity contribution in [1.82, 2.24) is 0 Å². The molecule has 54 valence electrons. The highest BCUT2D eigenvalue weighted by Crippen LogP contribution is 2.74. The van der Waals surface area contributed by atoms with Gasteiger partial charge in [0.2, 0.25) is 0 Å². The molecule has 0 saturated heterocycles. The molecule has 0 rings (SSSR count). The van der Waals surface area contributed by atoms with Crippen molar-refractivity contribution in [2.75, 3.05) is 37.2 Å². The van der Waals surface area contributed by atoms with Crippen molar-refractivity contribution in [3.8, 4) is 0 Å². The first-order chi connectivity index (χ1) is 3.04. The lowest BCUT2D eigenvalue weighted by atomic mass is 11.6.